The van der Waals surface area contributed by atoms with Gasteiger partial charge in [0.25, 0.3) is 0 Å². The minimum absolute atomic E-state index is 0.464. The number of hydrogen-bond acceptors (Lipinski definition) is 5. The first-order chi connectivity index (χ1) is 22.8. The van der Waals surface area contributed by atoms with E-state index in [0.29, 0.717) is 33.7 Å². The maximum Gasteiger partial charge on any atom is 0.180 e. The first kappa shape index (κ1) is 25.9. The second kappa shape index (κ2) is 10.3. The number of rotatable bonds is 4. The van der Waals surface area contributed by atoms with Gasteiger partial charge in [0.2, 0.25) is 0 Å². The zero-order valence-electron chi connectivity index (χ0n) is 24.4. The summed E-state index contributed by atoms with van der Waals surface area (Å²) in [7, 11) is 0. The highest BCUT2D eigenvalue weighted by Crippen LogP contribution is 2.45. The number of aromatic nitrogens is 2. The fraction of sp³-hybridized carbons (Fsp3) is 0. The van der Waals surface area contributed by atoms with Crippen molar-refractivity contribution in [2.45, 2.75) is 0 Å². The van der Waals surface area contributed by atoms with Crippen LogP contribution in [0.25, 0.3) is 88.9 Å². The van der Waals surface area contributed by atoms with Crippen LogP contribution in [0.15, 0.2) is 148 Å². The fourth-order valence-electron chi connectivity index (χ4n) is 6.42. The molecule has 0 N–H and O–H groups in total. The molecule has 5 heteroatoms. The molecule has 0 radical (unpaired) electrons. The van der Waals surface area contributed by atoms with E-state index in [2.05, 4.69) is 60.7 Å². The molecule has 3 aromatic heterocycles. The normalized spacial score (nSPS) is 11.5. The zero-order chi connectivity index (χ0) is 30.6. The summed E-state index contributed by atoms with van der Waals surface area (Å²) in [6.45, 7) is 0. The molecule has 214 valence electrons. The van der Waals surface area contributed by atoms with Crippen LogP contribution in [0.4, 0.5) is 0 Å². The number of fused-ring (bicyclic) bond motifs is 6. The summed E-state index contributed by atoms with van der Waals surface area (Å²) in [5.74, 6) is 0.464. The van der Waals surface area contributed by atoms with Crippen LogP contribution in [0, 0.1) is 11.3 Å². The Morgan fingerprint density at radius 1 is 0.500 bits per heavy atom. The van der Waals surface area contributed by atoms with Crippen LogP contribution in [-0.2, 0) is 0 Å². The molecule has 6 aromatic carbocycles. The minimum Gasteiger partial charge on any atom is -0.455 e. The molecule has 0 amide bonds. The van der Waals surface area contributed by atoms with Gasteiger partial charge in [0, 0.05) is 32.8 Å². The molecule has 0 saturated carbocycles. The molecule has 0 aliphatic carbocycles. The Labute approximate surface area is 263 Å². The van der Waals surface area contributed by atoms with Gasteiger partial charge in [0.05, 0.1) is 11.6 Å². The van der Waals surface area contributed by atoms with Crippen molar-refractivity contribution >= 4 is 44.0 Å². The van der Waals surface area contributed by atoms with Gasteiger partial charge in [-0.15, -0.1) is 0 Å². The van der Waals surface area contributed by atoms with Crippen molar-refractivity contribution in [3.8, 4) is 51.0 Å². The molecule has 0 aliphatic rings. The summed E-state index contributed by atoms with van der Waals surface area (Å²) in [5.41, 5.74) is 10.5. The third-order valence-electron chi connectivity index (χ3n) is 8.55. The molecule has 46 heavy (non-hydrogen) atoms. The average Bonchev–Trinajstić information content (AvgIpc) is 3.70. The lowest BCUT2D eigenvalue weighted by atomic mass is 9.94. The Hall–Kier alpha value is -6.51. The lowest BCUT2D eigenvalue weighted by molar-refractivity contribution is 0.667. The molecular weight excluding hydrogens is 566 g/mol. The van der Waals surface area contributed by atoms with Gasteiger partial charge in [0.15, 0.2) is 11.4 Å². The highest BCUT2D eigenvalue weighted by Gasteiger charge is 2.23. The number of furan rings is 2. The van der Waals surface area contributed by atoms with Gasteiger partial charge in [-0.25, -0.2) is 9.97 Å². The second-order valence-corrected chi connectivity index (χ2v) is 11.2. The van der Waals surface area contributed by atoms with E-state index in [4.69, 9.17) is 18.8 Å². The summed E-state index contributed by atoms with van der Waals surface area (Å²) in [4.78, 5) is 10.1. The van der Waals surface area contributed by atoms with E-state index in [1.54, 1.807) is 6.07 Å². The average molecular weight is 590 g/mol. The Bertz CT molecular complexity index is 2650. The lowest BCUT2D eigenvalue weighted by Gasteiger charge is -2.10. The van der Waals surface area contributed by atoms with Gasteiger partial charge in [-0.3, -0.25) is 0 Å². The van der Waals surface area contributed by atoms with Crippen LogP contribution in [0.3, 0.4) is 0 Å². The van der Waals surface area contributed by atoms with E-state index in [1.807, 2.05) is 78.9 Å². The summed E-state index contributed by atoms with van der Waals surface area (Å²) >= 11 is 0. The van der Waals surface area contributed by atoms with E-state index < -0.39 is 0 Å². The van der Waals surface area contributed by atoms with Crippen LogP contribution < -0.4 is 0 Å². The molecular formula is C41H23N3O2. The molecule has 0 saturated heterocycles. The quantitative estimate of drug-likeness (QED) is 0.204. The maximum atomic E-state index is 9.95. The van der Waals surface area contributed by atoms with Crippen LogP contribution in [0.2, 0.25) is 0 Å². The Morgan fingerprint density at radius 2 is 1.17 bits per heavy atom. The van der Waals surface area contributed by atoms with E-state index >= 15 is 0 Å². The van der Waals surface area contributed by atoms with E-state index in [0.717, 1.165) is 60.7 Å². The number of nitriles is 1. The molecule has 9 rings (SSSR count). The van der Waals surface area contributed by atoms with Crippen LogP contribution in [-0.4, -0.2) is 9.97 Å². The number of hydrogen-bond donors (Lipinski definition) is 0. The van der Waals surface area contributed by atoms with Crippen LogP contribution in [0.5, 0.6) is 0 Å². The van der Waals surface area contributed by atoms with Crippen molar-refractivity contribution in [1.82, 2.24) is 9.97 Å². The monoisotopic (exact) mass is 589 g/mol. The van der Waals surface area contributed by atoms with Crippen molar-refractivity contribution in [3.63, 3.8) is 0 Å². The molecule has 0 aliphatic heterocycles. The summed E-state index contributed by atoms with van der Waals surface area (Å²) in [6, 6.07) is 48.8. The standard InChI is InChI=1S/C41H23N3O2/c42-24-27-16-7-8-17-29(27)41-43-37-30-18-9-10-20-34(30)45-40(37)38(44-41)31-19-11-21-35-36(31)33-23-28(25-12-3-1-4-13-25)22-32(39(33)46-35)26-14-5-2-6-15-26/h1-23H. The van der Waals surface area contributed by atoms with Gasteiger partial charge in [-0.05, 0) is 59.2 Å². The highest BCUT2D eigenvalue weighted by molar-refractivity contribution is 6.18. The number of nitrogens with zero attached hydrogens (tertiary/aromatic N) is 3. The Kier molecular flexibility index (Phi) is 5.81. The van der Waals surface area contributed by atoms with E-state index in [1.165, 1.54) is 0 Å². The van der Waals surface area contributed by atoms with Crippen molar-refractivity contribution in [1.29, 1.82) is 5.26 Å². The number of para-hydroxylation sites is 1. The third-order valence-corrected chi connectivity index (χ3v) is 8.55. The molecule has 0 unspecified atom stereocenters. The van der Waals surface area contributed by atoms with Gasteiger partial charge >= 0.3 is 0 Å². The lowest BCUT2D eigenvalue weighted by Crippen LogP contribution is -1.96. The van der Waals surface area contributed by atoms with Crippen molar-refractivity contribution in [2.24, 2.45) is 0 Å². The molecule has 3 heterocycles. The summed E-state index contributed by atoms with van der Waals surface area (Å²) in [6.07, 6.45) is 0. The van der Waals surface area contributed by atoms with E-state index in [9.17, 15) is 5.26 Å². The van der Waals surface area contributed by atoms with E-state index in [-0.39, 0.29) is 0 Å². The zero-order valence-corrected chi connectivity index (χ0v) is 24.4. The van der Waals surface area contributed by atoms with Crippen LogP contribution in [0.1, 0.15) is 5.56 Å². The topological polar surface area (TPSA) is 75.8 Å². The summed E-state index contributed by atoms with van der Waals surface area (Å²) in [5, 5.41) is 12.8. The fourth-order valence-corrected chi connectivity index (χ4v) is 6.42. The predicted octanol–water partition coefficient (Wildman–Crippen LogP) is 10.8. The van der Waals surface area contributed by atoms with Gasteiger partial charge in [0.1, 0.15) is 28.0 Å². The Morgan fingerprint density at radius 3 is 2.00 bits per heavy atom. The van der Waals surface area contributed by atoms with Gasteiger partial charge in [-0.2, -0.15) is 5.26 Å². The predicted molar refractivity (Wildman–Crippen MR) is 183 cm³/mol. The van der Waals surface area contributed by atoms with Gasteiger partial charge < -0.3 is 8.83 Å². The first-order valence-corrected chi connectivity index (χ1v) is 15.1. The molecule has 0 fully saturated rings. The minimum atomic E-state index is 0.464. The maximum absolute atomic E-state index is 9.95. The molecule has 5 nitrogen and oxygen atoms in total. The first-order valence-electron chi connectivity index (χ1n) is 15.1. The van der Waals surface area contributed by atoms with Gasteiger partial charge in [-0.1, -0.05) is 97.1 Å². The molecule has 0 spiro atoms. The third kappa shape index (κ3) is 4.02. The highest BCUT2D eigenvalue weighted by atomic mass is 16.3. The molecule has 0 atom stereocenters. The van der Waals surface area contributed by atoms with Crippen molar-refractivity contribution < 1.29 is 8.83 Å². The smallest absolute Gasteiger partial charge is 0.180 e. The number of benzene rings is 6. The summed E-state index contributed by atoms with van der Waals surface area (Å²) < 4.78 is 13.2. The largest absolute Gasteiger partial charge is 0.455 e. The second-order valence-electron chi connectivity index (χ2n) is 11.2. The van der Waals surface area contributed by atoms with Crippen LogP contribution >= 0.6 is 0 Å². The van der Waals surface area contributed by atoms with Crippen molar-refractivity contribution in [3.05, 3.63) is 145 Å². The Balaban J connectivity index is 1.41. The molecule has 9 aromatic rings. The van der Waals surface area contributed by atoms with Crippen molar-refractivity contribution in [2.75, 3.05) is 0 Å². The molecule has 0 bridgehead atoms. The SMILES string of the molecule is N#Cc1ccccc1-c1nc(-c2cccc3oc4c(-c5ccccc5)cc(-c5ccccc5)cc4c23)c2oc3ccccc3c2n1.